The number of nitrogen functional groups attached to an aromatic ring is 1. The first kappa shape index (κ1) is 13.3. The summed E-state index contributed by atoms with van der Waals surface area (Å²) in [7, 11) is 0. The second-order valence-corrected chi connectivity index (χ2v) is 6.24. The normalized spacial score (nSPS) is 25.1. The minimum absolute atomic E-state index is 0.0634. The lowest BCUT2D eigenvalue weighted by atomic mass is 9.74. The van der Waals surface area contributed by atoms with E-state index in [1.54, 1.807) is 12.1 Å². The summed E-state index contributed by atoms with van der Waals surface area (Å²) in [5.41, 5.74) is 6.52. The molecule has 0 radical (unpaired) electrons. The van der Waals surface area contributed by atoms with Crippen molar-refractivity contribution in [1.29, 1.82) is 0 Å². The SMILES string of the molecule is Nc1cc(Cl)c(Cl)cc1OC1CCOC2(CCC2)C1. The molecule has 1 atom stereocenters. The van der Waals surface area contributed by atoms with E-state index in [1.165, 1.54) is 6.42 Å². The second kappa shape index (κ2) is 5.04. The van der Waals surface area contributed by atoms with Crippen LogP contribution in [0, 0.1) is 0 Å². The topological polar surface area (TPSA) is 44.5 Å². The third-order valence-electron chi connectivity index (χ3n) is 4.06. The first-order valence-corrected chi connectivity index (χ1v) is 7.39. The van der Waals surface area contributed by atoms with Gasteiger partial charge >= 0.3 is 0 Å². The Kier molecular flexibility index (Phi) is 3.54. The van der Waals surface area contributed by atoms with Crippen LogP contribution in [-0.2, 0) is 4.74 Å². The Bertz CT molecular complexity index is 489. The van der Waals surface area contributed by atoms with Gasteiger partial charge in [-0.2, -0.15) is 0 Å². The van der Waals surface area contributed by atoms with Crippen LogP contribution in [-0.4, -0.2) is 18.3 Å². The number of hydrogen-bond donors (Lipinski definition) is 1. The van der Waals surface area contributed by atoms with Crippen LogP contribution in [0.25, 0.3) is 0 Å². The largest absolute Gasteiger partial charge is 0.488 e. The summed E-state index contributed by atoms with van der Waals surface area (Å²) in [6, 6.07) is 3.33. The summed E-state index contributed by atoms with van der Waals surface area (Å²) in [6.07, 6.45) is 5.51. The van der Waals surface area contributed by atoms with Gasteiger partial charge in [-0.15, -0.1) is 0 Å². The van der Waals surface area contributed by atoms with Crippen LogP contribution in [0.3, 0.4) is 0 Å². The Labute approximate surface area is 123 Å². The molecule has 2 N–H and O–H groups in total. The van der Waals surface area contributed by atoms with Gasteiger partial charge in [-0.25, -0.2) is 0 Å². The molecular formula is C14H17Cl2NO2. The molecule has 2 aliphatic rings. The summed E-state index contributed by atoms with van der Waals surface area (Å²) >= 11 is 11.9. The van der Waals surface area contributed by atoms with E-state index in [4.69, 9.17) is 38.4 Å². The Morgan fingerprint density at radius 2 is 2.00 bits per heavy atom. The molecule has 3 rings (SSSR count). The predicted molar refractivity (Wildman–Crippen MR) is 77.1 cm³/mol. The first-order valence-electron chi connectivity index (χ1n) is 6.63. The molecule has 0 bridgehead atoms. The monoisotopic (exact) mass is 301 g/mol. The molecule has 1 unspecified atom stereocenters. The van der Waals surface area contributed by atoms with Gasteiger partial charge in [-0.05, 0) is 25.3 Å². The lowest BCUT2D eigenvalue weighted by Gasteiger charge is -2.46. The average Bonchev–Trinajstić information content (AvgIpc) is 2.34. The minimum Gasteiger partial charge on any atom is -0.488 e. The highest BCUT2D eigenvalue weighted by Crippen LogP contribution is 2.43. The van der Waals surface area contributed by atoms with Crippen molar-refractivity contribution in [2.24, 2.45) is 0 Å². The Hall–Kier alpha value is -0.640. The van der Waals surface area contributed by atoms with Gasteiger partial charge in [-0.3, -0.25) is 0 Å². The van der Waals surface area contributed by atoms with E-state index < -0.39 is 0 Å². The number of ether oxygens (including phenoxy) is 2. The van der Waals surface area contributed by atoms with Crippen LogP contribution in [0.15, 0.2) is 12.1 Å². The number of nitrogens with two attached hydrogens (primary N) is 1. The molecule has 0 amide bonds. The highest BCUT2D eigenvalue weighted by atomic mass is 35.5. The van der Waals surface area contributed by atoms with Crippen LogP contribution in [0.1, 0.15) is 32.1 Å². The number of rotatable bonds is 2. The van der Waals surface area contributed by atoms with Crippen LogP contribution >= 0.6 is 23.2 Å². The van der Waals surface area contributed by atoms with Gasteiger partial charge in [0.25, 0.3) is 0 Å². The molecule has 1 aliphatic carbocycles. The molecule has 3 nitrogen and oxygen atoms in total. The number of halogens is 2. The molecule has 0 aromatic heterocycles. The second-order valence-electron chi connectivity index (χ2n) is 5.42. The zero-order chi connectivity index (χ0) is 13.5. The summed E-state index contributed by atoms with van der Waals surface area (Å²) in [4.78, 5) is 0. The molecule has 1 spiro atoms. The molecule has 2 fully saturated rings. The van der Waals surface area contributed by atoms with E-state index in [9.17, 15) is 0 Å². The zero-order valence-electron chi connectivity index (χ0n) is 10.6. The molecule has 1 saturated heterocycles. The molecule has 1 aliphatic heterocycles. The van der Waals surface area contributed by atoms with Gasteiger partial charge in [0, 0.05) is 18.9 Å². The lowest BCUT2D eigenvalue weighted by Crippen LogP contribution is -2.48. The quantitative estimate of drug-likeness (QED) is 0.838. The number of benzene rings is 1. The fraction of sp³-hybridized carbons (Fsp3) is 0.571. The minimum atomic E-state index is 0.0634. The molecule has 19 heavy (non-hydrogen) atoms. The predicted octanol–water partition coefficient (Wildman–Crippen LogP) is 4.06. The third-order valence-corrected chi connectivity index (χ3v) is 4.78. The van der Waals surface area contributed by atoms with Gasteiger partial charge < -0.3 is 15.2 Å². The van der Waals surface area contributed by atoms with E-state index in [-0.39, 0.29) is 11.7 Å². The van der Waals surface area contributed by atoms with Gasteiger partial charge in [0.2, 0.25) is 0 Å². The average molecular weight is 302 g/mol. The van der Waals surface area contributed by atoms with Crippen molar-refractivity contribution in [2.75, 3.05) is 12.3 Å². The van der Waals surface area contributed by atoms with E-state index in [2.05, 4.69) is 0 Å². The summed E-state index contributed by atoms with van der Waals surface area (Å²) < 4.78 is 11.9. The highest BCUT2D eigenvalue weighted by molar-refractivity contribution is 6.42. The smallest absolute Gasteiger partial charge is 0.144 e. The van der Waals surface area contributed by atoms with E-state index >= 15 is 0 Å². The Morgan fingerprint density at radius 3 is 2.68 bits per heavy atom. The van der Waals surface area contributed by atoms with Crippen molar-refractivity contribution in [3.8, 4) is 5.75 Å². The van der Waals surface area contributed by atoms with Crippen molar-refractivity contribution in [2.45, 2.75) is 43.8 Å². The molecule has 5 heteroatoms. The number of hydrogen-bond acceptors (Lipinski definition) is 3. The standard InChI is InChI=1S/C14H17Cl2NO2/c15-10-6-12(17)13(7-11(10)16)19-9-2-5-18-14(8-9)3-1-4-14/h6-7,9H,1-5,8,17H2. The fourth-order valence-corrected chi connectivity index (χ4v) is 3.15. The number of anilines is 1. The van der Waals surface area contributed by atoms with Crippen molar-refractivity contribution >= 4 is 28.9 Å². The van der Waals surface area contributed by atoms with Crippen molar-refractivity contribution in [3.63, 3.8) is 0 Å². The van der Waals surface area contributed by atoms with Crippen LogP contribution in [0.4, 0.5) is 5.69 Å². The molecule has 1 aromatic carbocycles. The maximum Gasteiger partial charge on any atom is 0.144 e. The van der Waals surface area contributed by atoms with Crippen LogP contribution in [0.5, 0.6) is 5.75 Å². The van der Waals surface area contributed by atoms with Gasteiger partial charge in [-0.1, -0.05) is 23.2 Å². The summed E-state index contributed by atoms with van der Waals surface area (Å²) in [5.74, 6) is 0.621. The lowest BCUT2D eigenvalue weighted by molar-refractivity contribution is -0.153. The van der Waals surface area contributed by atoms with Crippen molar-refractivity contribution in [1.82, 2.24) is 0 Å². The summed E-state index contributed by atoms with van der Waals surface area (Å²) in [5, 5.41) is 0.922. The molecule has 1 saturated carbocycles. The van der Waals surface area contributed by atoms with Gasteiger partial charge in [0.15, 0.2) is 0 Å². The molecular weight excluding hydrogens is 285 g/mol. The highest BCUT2D eigenvalue weighted by Gasteiger charge is 2.43. The summed E-state index contributed by atoms with van der Waals surface area (Å²) in [6.45, 7) is 0.756. The Balaban J connectivity index is 1.72. The van der Waals surface area contributed by atoms with Gasteiger partial charge in [0.1, 0.15) is 11.9 Å². The van der Waals surface area contributed by atoms with Gasteiger partial charge in [0.05, 0.1) is 27.9 Å². The van der Waals surface area contributed by atoms with Crippen LogP contribution in [0.2, 0.25) is 10.0 Å². The molecule has 104 valence electrons. The van der Waals surface area contributed by atoms with E-state index in [1.807, 2.05) is 0 Å². The first-order chi connectivity index (χ1) is 9.08. The molecule has 1 aromatic rings. The Morgan fingerprint density at radius 1 is 1.26 bits per heavy atom. The molecule has 1 heterocycles. The zero-order valence-corrected chi connectivity index (χ0v) is 12.1. The van der Waals surface area contributed by atoms with Crippen molar-refractivity contribution in [3.05, 3.63) is 22.2 Å². The van der Waals surface area contributed by atoms with E-state index in [0.29, 0.717) is 21.5 Å². The fourth-order valence-electron chi connectivity index (χ4n) is 2.83. The maximum absolute atomic E-state index is 6.01. The third kappa shape index (κ3) is 2.64. The van der Waals surface area contributed by atoms with Crippen LogP contribution < -0.4 is 10.5 Å². The van der Waals surface area contributed by atoms with Crippen molar-refractivity contribution < 1.29 is 9.47 Å². The maximum atomic E-state index is 6.01. The van der Waals surface area contributed by atoms with E-state index in [0.717, 1.165) is 32.3 Å².